The van der Waals surface area contributed by atoms with Crippen LogP contribution in [0.25, 0.3) is 0 Å². The number of ether oxygens (including phenoxy) is 1. The molecular formula is C14H17FN2O3S. The maximum absolute atomic E-state index is 13.6. The minimum Gasteiger partial charge on any atom is -0.378 e. The van der Waals surface area contributed by atoms with E-state index in [0.29, 0.717) is 31.2 Å². The van der Waals surface area contributed by atoms with Gasteiger partial charge in [0.25, 0.3) is 5.91 Å². The molecule has 0 saturated carbocycles. The number of hydrogen-bond acceptors (Lipinski definition) is 4. The number of nitrogens with zero attached hydrogens (tertiary/aromatic N) is 1. The number of nitrogens with one attached hydrogen (secondary N) is 1. The van der Waals surface area contributed by atoms with Gasteiger partial charge in [0.05, 0.1) is 18.8 Å². The van der Waals surface area contributed by atoms with Crippen molar-refractivity contribution >= 4 is 24.4 Å². The standard InChI is InChI=1S/C14H17FN2O3S/c1-9(14(19)17-4-6-20-7-5-17)16-13(18)11-8-10(21)2-3-12(11)15/h2-3,8-9,21H,4-7H2,1H3,(H,16,18). The number of benzene rings is 1. The number of rotatable bonds is 3. The van der Waals surface area contributed by atoms with Crippen molar-refractivity contribution in [1.82, 2.24) is 10.2 Å². The summed E-state index contributed by atoms with van der Waals surface area (Å²) < 4.78 is 18.8. The maximum Gasteiger partial charge on any atom is 0.254 e. The average Bonchev–Trinajstić information content (AvgIpc) is 2.49. The molecule has 0 radical (unpaired) electrons. The highest BCUT2D eigenvalue weighted by molar-refractivity contribution is 7.80. The summed E-state index contributed by atoms with van der Waals surface area (Å²) >= 11 is 4.07. The number of halogens is 1. The molecule has 21 heavy (non-hydrogen) atoms. The van der Waals surface area contributed by atoms with E-state index in [9.17, 15) is 14.0 Å². The molecule has 1 fully saturated rings. The van der Waals surface area contributed by atoms with E-state index in [2.05, 4.69) is 17.9 Å². The first-order chi connectivity index (χ1) is 9.99. The van der Waals surface area contributed by atoms with Gasteiger partial charge in [-0.25, -0.2) is 4.39 Å². The van der Waals surface area contributed by atoms with Gasteiger partial charge >= 0.3 is 0 Å². The van der Waals surface area contributed by atoms with Crippen LogP contribution < -0.4 is 5.32 Å². The Kier molecular flexibility index (Phi) is 5.19. The Bertz CT molecular complexity index is 547. The Labute approximate surface area is 127 Å². The Balaban J connectivity index is 2.01. The summed E-state index contributed by atoms with van der Waals surface area (Å²) in [5.41, 5.74) is -0.121. The zero-order chi connectivity index (χ0) is 15.4. The summed E-state index contributed by atoms with van der Waals surface area (Å²) in [4.78, 5) is 26.3. The number of hydrogen-bond donors (Lipinski definition) is 2. The molecule has 2 amide bonds. The van der Waals surface area contributed by atoms with Crippen molar-refractivity contribution in [1.29, 1.82) is 0 Å². The molecule has 1 heterocycles. The third-order valence-electron chi connectivity index (χ3n) is 3.24. The molecule has 1 aromatic carbocycles. The summed E-state index contributed by atoms with van der Waals surface area (Å²) in [7, 11) is 0. The van der Waals surface area contributed by atoms with Gasteiger partial charge in [0.15, 0.2) is 0 Å². The first-order valence-electron chi connectivity index (χ1n) is 6.65. The van der Waals surface area contributed by atoms with E-state index in [1.165, 1.54) is 18.2 Å². The molecule has 1 saturated heterocycles. The van der Waals surface area contributed by atoms with Gasteiger partial charge in [-0.1, -0.05) is 0 Å². The molecule has 0 aromatic heterocycles. The van der Waals surface area contributed by atoms with Gasteiger partial charge < -0.3 is 15.0 Å². The van der Waals surface area contributed by atoms with E-state index in [-0.39, 0.29) is 11.5 Å². The van der Waals surface area contributed by atoms with E-state index >= 15 is 0 Å². The fraction of sp³-hybridized carbons (Fsp3) is 0.429. The van der Waals surface area contributed by atoms with Crippen molar-refractivity contribution in [3.05, 3.63) is 29.6 Å². The second-order valence-electron chi connectivity index (χ2n) is 4.80. The van der Waals surface area contributed by atoms with Crippen LogP contribution in [0, 0.1) is 5.82 Å². The van der Waals surface area contributed by atoms with Gasteiger partial charge in [-0.2, -0.15) is 0 Å². The number of thiol groups is 1. The normalized spacial score (nSPS) is 16.4. The molecule has 1 unspecified atom stereocenters. The van der Waals surface area contributed by atoms with Crippen LogP contribution in [0.15, 0.2) is 23.1 Å². The fourth-order valence-electron chi connectivity index (χ4n) is 2.08. The van der Waals surface area contributed by atoms with Gasteiger partial charge in [-0.15, -0.1) is 12.6 Å². The second-order valence-corrected chi connectivity index (χ2v) is 5.31. The van der Waals surface area contributed by atoms with Gasteiger partial charge in [-0.05, 0) is 25.1 Å². The van der Waals surface area contributed by atoms with Crippen molar-refractivity contribution in [3.8, 4) is 0 Å². The molecule has 114 valence electrons. The molecule has 7 heteroatoms. The molecule has 1 aliphatic rings. The first kappa shape index (κ1) is 15.8. The molecule has 0 aliphatic carbocycles. The highest BCUT2D eigenvalue weighted by Crippen LogP contribution is 2.13. The number of amides is 2. The predicted molar refractivity (Wildman–Crippen MR) is 78.0 cm³/mol. The minimum absolute atomic E-state index is 0.121. The lowest BCUT2D eigenvalue weighted by Crippen LogP contribution is -2.50. The van der Waals surface area contributed by atoms with Gasteiger partial charge in [0.1, 0.15) is 11.9 Å². The second kappa shape index (κ2) is 6.91. The Morgan fingerprint density at radius 1 is 1.38 bits per heavy atom. The lowest BCUT2D eigenvalue weighted by atomic mass is 10.1. The van der Waals surface area contributed by atoms with Crippen LogP contribution in [0.5, 0.6) is 0 Å². The quantitative estimate of drug-likeness (QED) is 0.822. The molecule has 2 rings (SSSR count). The molecule has 0 bridgehead atoms. The summed E-state index contributed by atoms with van der Waals surface area (Å²) in [6, 6.07) is 3.24. The van der Waals surface area contributed by atoms with Crippen LogP contribution in [0.2, 0.25) is 0 Å². The Hall–Kier alpha value is -1.60. The predicted octanol–water partition coefficient (Wildman–Crippen LogP) is 1.09. The van der Waals surface area contributed by atoms with Crippen LogP contribution in [-0.2, 0) is 9.53 Å². The van der Waals surface area contributed by atoms with Crippen LogP contribution in [0.3, 0.4) is 0 Å². The minimum atomic E-state index is -0.724. The topological polar surface area (TPSA) is 58.6 Å². The van der Waals surface area contributed by atoms with Crippen LogP contribution in [0.1, 0.15) is 17.3 Å². The summed E-state index contributed by atoms with van der Waals surface area (Å²) in [6.07, 6.45) is 0. The van der Waals surface area contributed by atoms with E-state index in [1.807, 2.05) is 0 Å². The van der Waals surface area contributed by atoms with Crippen molar-refractivity contribution < 1.29 is 18.7 Å². The smallest absolute Gasteiger partial charge is 0.254 e. The summed E-state index contributed by atoms with van der Waals surface area (Å²) in [6.45, 7) is 3.56. The molecule has 1 N–H and O–H groups in total. The van der Waals surface area contributed by atoms with E-state index in [0.717, 1.165) is 0 Å². The largest absolute Gasteiger partial charge is 0.378 e. The van der Waals surface area contributed by atoms with E-state index in [4.69, 9.17) is 4.74 Å². The van der Waals surface area contributed by atoms with Gasteiger partial charge in [0, 0.05) is 18.0 Å². The lowest BCUT2D eigenvalue weighted by Gasteiger charge is -2.29. The summed E-state index contributed by atoms with van der Waals surface area (Å²) in [5.74, 6) is -1.47. The third kappa shape index (κ3) is 3.95. The average molecular weight is 312 g/mol. The lowest BCUT2D eigenvalue weighted by molar-refractivity contribution is -0.136. The van der Waals surface area contributed by atoms with Crippen molar-refractivity contribution in [2.24, 2.45) is 0 Å². The van der Waals surface area contributed by atoms with Crippen molar-refractivity contribution in [2.75, 3.05) is 26.3 Å². The Morgan fingerprint density at radius 2 is 2.05 bits per heavy atom. The molecule has 0 spiro atoms. The zero-order valence-electron chi connectivity index (χ0n) is 11.6. The first-order valence-corrected chi connectivity index (χ1v) is 7.09. The monoisotopic (exact) mass is 312 g/mol. The van der Waals surface area contributed by atoms with Gasteiger partial charge in [0.2, 0.25) is 5.91 Å². The number of carbonyl (C=O) groups excluding carboxylic acids is 2. The fourth-order valence-corrected chi connectivity index (χ4v) is 2.28. The molecular weight excluding hydrogens is 295 g/mol. The van der Waals surface area contributed by atoms with Crippen molar-refractivity contribution in [3.63, 3.8) is 0 Å². The van der Waals surface area contributed by atoms with Crippen molar-refractivity contribution in [2.45, 2.75) is 17.9 Å². The van der Waals surface area contributed by atoms with Crippen LogP contribution >= 0.6 is 12.6 Å². The molecule has 5 nitrogen and oxygen atoms in total. The maximum atomic E-state index is 13.6. The molecule has 1 aliphatic heterocycles. The molecule has 1 aromatic rings. The van der Waals surface area contributed by atoms with E-state index in [1.54, 1.807) is 11.8 Å². The van der Waals surface area contributed by atoms with Crippen LogP contribution in [-0.4, -0.2) is 49.1 Å². The highest BCUT2D eigenvalue weighted by Gasteiger charge is 2.24. The van der Waals surface area contributed by atoms with Gasteiger partial charge in [-0.3, -0.25) is 9.59 Å². The van der Waals surface area contributed by atoms with Crippen LogP contribution in [0.4, 0.5) is 4.39 Å². The third-order valence-corrected chi connectivity index (χ3v) is 3.51. The highest BCUT2D eigenvalue weighted by atomic mass is 32.1. The van der Waals surface area contributed by atoms with E-state index < -0.39 is 17.8 Å². The summed E-state index contributed by atoms with van der Waals surface area (Å²) in [5, 5.41) is 2.52. The SMILES string of the molecule is CC(NC(=O)c1cc(S)ccc1F)C(=O)N1CCOCC1. The molecule has 1 atom stereocenters. The number of morpholine rings is 1. The number of carbonyl (C=O) groups is 2. The Morgan fingerprint density at radius 3 is 2.71 bits per heavy atom. The zero-order valence-corrected chi connectivity index (χ0v) is 12.5.